The van der Waals surface area contributed by atoms with Crippen molar-refractivity contribution < 1.29 is 13.2 Å². The molecule has 1 unspecified atom stereocenters. The Bertz CT molecular complexity index is 730. The minimum atomic E-state index is -3.33. The normalized spacial score (nSPS) is 17.5. The van der Waals surface area contributed by atoms with Gasteiger partial charge in [0.15, 0.2) is 5.96 Å². The molecule has 1 atom stereocenters. The van der Waals surface area contributed by atoms with E-state index >= 15 is 0 Å². The van der Waals surface area contributed by atoms with Crippen LogP contribution >= 0.6 is 24.0 Å². The first-order valence-corrected chi connectivity index (χ1v) is 11.6. The number of nitrogens with zero attached hydrogens (tertiary/aromatic N) is 1. The van der Waals surface area contributed by atoms with Gasteiger partial charge in [0.05, 0.1) is 11.9 Å². The molecule has 1 aliphatic rings. The Morgan fingerprint density at radius 3 is 2.45 bits per heavy atom. The molecule has 0 radical (unpaired) electrons. The highest BCUT2D eigenvalue weighted by atomic mass is 127. The number of hydrogen-bond donors (Lipinski definition) is 3. The SMILES string of the molecule is CN=C(NCCc1cc(C)cc(C)c1)NCCS(=O)(=O)NCC1CCCCO1.I. The fraction of sp³-hybridized carbons (Fsp3) is 0.650. The summed E-state index contributed by atoms with van der Waals surface area (Å²) in [6, 6.07) is 6.52. The number of nitrogens with one attached hydrogen (secondary N) is 3. The molecule has 1 aromatic carbocycles. The van der Waals surface area contributed by atoms with Gasteiger partial charge in [-0.3, -0.25) is 4.99 Å². The van der Waals surface area contributed by atoms with Crippen molar-refractivity contribution in [3.63, 3.8) is 0 Å². The lowest BCUT2D eigenvalue weighted by Crippen LogP contribution is -2.43. The standard InChI is InChI=1S/C20H34N4O3S.HI/c1-16-12-17(2)14-18(13-16)7-8-22-20(21-3)23-9-11-28(25,26)24-15-19-6-4-5-10-27-19;/h12-14,19,24H,4-11,15H2,1-3H3,(H2,21,22,23);1H. The van der Waals surface area contributed by atoms with Crippen LogP contribution in [0.3, 0.4) is 0 Å². The van der Waals surface area contributed by atoms with Crippen LogP contribution in [0.1, 0.15) is 36.0 Å². The van der Waals surface area contributed by atoms with E-state index < -0.39 is 10.0 Å². The third-order valence-corrected chi connectivity index (χ3v) is 6.03. The van der Waals surface area contributed by atoms with Gasteiger partial charge in [0, 0.05) is 33.3 Å². The zero-order valence-corrected chi connectivity index (χ0v) is 20.8. The van der Waals surface area contributed by atoms with Crippen LogP contribution in [0.2, 0.25) is 0 Å². The Balaban J connectivity index is 0.00000420. The summed E-state index contributed by atoms with van der Waals surface area (Å²) in [5, 5.41) is 6.29. The number of hydrogen-bond acceptors (Lipinski definition) is 4. The Kier molecular flexibility index (Phi) is 12.1. The number of guanidine groups is 1. The van der Waals surface area contributed by atoms with Crippen LogP contribution in [0.25, 0.3) is 0 Å². The predicted molar refractivity (Wildman–Crippen MR) is 130 cm³/mol. The van der Waals surface area contributed by atoms with Gasteiger partial charge in [-0.1, -0.05) is 29.3 Å². The Labute approximate surface area is 192 Å². The average molecular weight is 538 g/mol. The minimum Gasteiger partial charge on any atom is -0.377 e. The molecule has 0 amide bonds. The van der Waals surface area contributed by atoms with Crippen LogP contribution in [0.5, 0.6) is 0 Å². The Morgan fingerprint density at radius 2 is 1.83 bits per heavy atom. The molecule has 9 heteroatoms. The van der Waals surface area contributed by atoms with Gasteiger partial charge in [-0.05, 0) is 45.1 Å². The second-order valence-electron chi connectivity index (χ2n) is 7.33. The van der Waals surface area contributed by atoms with Crippen LogP contribution in [-0.2, 0) is 21.2 Å². The van der Waals surface area contributed by atoms with E-state index in [2.05, 4.69) is 52.4 Å². The summed E-state index contributed by atoms with van der Waals surface area (Å²) in [5.41, 5.74) is 3.79. The van der Waals surface area contributed by atoms with Crippen molar-refractivity contribution in [2.45, 2.75) is 45.6 Å². The quantitative estimate of drug-likeness (QED) is 0.255. The third-order valence-electron chi connectivity index (χ3n) is 4.68. The van der Waals surface area contributed by atoms with E-state index in [1.807, 2.05) is 0 Å². The smallest absolute Gasteiger partial charge is 0.213 e. The van der Waals surface area contributed by atoms with Crippen LogP contribution in [-0.4, -0.2) is 59.5 Å². The van der Waals surface area contributed by atoms with Crippen LogP contribution < -0.4 is 15.4 Å². The minimum absolute atomic E-state index is 0. The first kappa shape index (κ1) is 26.1. The van der Waals surface area contributed by atoms with Crippen molar-refractivity contribution in [3.8, 4) is 0 Å². The molecular formula is C20H35IN4O3S. The second-order valence-corrected chi connectivity index (χ2v) is 9.25. The van der Waals surface area contributed by atoms with Gasteiger partial charge in [-0.15, -0.1) is 24.0 Å². The average Bonchev–Trinajstić information content (AvgIpc) is 2.65. The number of aryl methyl sites for hydroxylation is 2. The summed E-state index contributed by atoms with van der Waals surface area (Å²) < 4.78 is 32.5. The van der Waals surface area contributed by atoms with E-state index in [4.69, 9.17) is 4.74 Å². The summed E-state index contributed by atoms with van der Waals surface area (Å²) >= 11 is 0. The van der Waals surface area contributed by atoms with E-state index in [9.17, 15) is 8.42 Å². The van der Waals surface area contributed by atoms with E-state index in [0.717, 1.165) is 38.8 Å². The number of rotatable bonds is 9. The number of benzene rings is 1. The molecule has 2 rings (SSSR count). The second kappa shape index (κ2) is 13.4. The van der Waals surface area contributed by atoms with Crippen LogP contribution in [0, 0.1) is 13.8 Å². The molecule has 0 bridgehead atoms. The molecular weight excluding hydrogens is 503 g/mol. The highest BCUT2D eigenvalue weighted by Gasteiger charge is 2.17. The van der Waals surface area contributed by atoms with Crippen molar-refractivity contribution in [1.82, 2.24) is 15.4 Å². The molecule has 7 nitrogen and oxygen atoms in total. The molecule has 0 aliphatic carbocycles. The van der Waals surface area contributed by atoms with Gasteiger partial charge in [0.2, 0.25) is 10.0 Å². The van der Waals surface area contributed by atoms with Gasteiger partial charge < -0.3 is 15.4 Å². The highest BCUT2D eigenvalue weighted by molar-refractivity contribution is 14.0. The fourth-order valence-corrected chi connectivity index (χ4v) is 4.28. The molecule has 3 N–H and O–H groups in total. The van der Waals surface area contributed by atoms with Crippen LogP contribution in [0.4, 0.5) is 0 Å². The van der Waals surface area contributed by atoms with Crippen molar-refractivity contribution in [2.24, 2.45) is 4.99 Å². The fourth-order valence-electron chi connectivity index (χ4n) is 3.32. The number of sulfonamides is 1. The van der Waals surface area contributed by atoms with Gasteiger partial charge in [-0.2, -0.15) is 0 Å². The largest absolute Gasteiger partial charge is 0.377 e. The molecule has 1 heterocycles. The maximum Gasteiger partial charge on any atom is 0.213 e. The maximum atomic E-state index is 12.1. The summed E-state index contributed by atoms with van der Waals surface area (Å²) in [6.45, 7) is 6.29. The molecule has 0 aromatic heterocycles. The first-order chi connectivity index (χ1) is 13.4. The van der Waals surface area contributed by atoms with E-state index in [0.29, 0.717) is 19.0 Å². The summed E-state index contributed by atoms with van der Waals surface area (Å²) in [6.07, 6.45) is 3.94. The van der Waals surface area contributed by atoms with Gasteiger partial charge >= 0.3 is 0 Å². The summed E-state index contributed by atoms with van der Waals surface area (Å²) in [7, 11) is -1.65. The molecule has 1 aliphatic heterocycles. The number of aliphatic imine (C=N–C) groups is 1. The topological polar surface area (TPSA) is 91.8 Å². The molecule has 1 fully saturated rings. The van der Waals surface area contributed by atoms with Gasteiger partial charge in [0.25, 0.3) is 0 Å². The van der Waals surface area contributed by atoms with Gasteiger partial charge in [-0.25, -0.2) is 13.1 Å². The Morgan fingerprint density at radius 1 is 1.14 bits per heavy atom. The third kappa shape index (κ3) is 10.6. The van der Waals surface area contributed by atoms with E-state index in [1.165, 1.54) is 16.7 Å². The van der Waals surface area contributed by atoms with E-state index in [1.54, 1.807) is 7.05 Å². The lowest BCUT2D eigenvalue weighted by atomic mass is 10.1. The van der Waals surface area contributed by atoms with Crippen molar-refractivity contribution >= 4 is 40.0 Å². The van der Waals surface area contributed by atoms with Crippen molar-refractivity contribution in [3.05, 3.63) is 34.9 Å². The zero-order valence-electron chi connectivity index (χ0n) is 17.7. The van der Waals surface area contributed by atoms with Crippen LogP contribution in [0.15, 0.2) is 23.2 Å². The van der Waals surface area contributed by atoms with Gasteiger partial charge in [0.1, 0.15) is 0 Å². The summed E-state index contributed by atoms with van der Waals surface area (Å²) in [4.78, 5) is 4.15. The van der Waals surface area contributed by atoms with Crippen molar-refractivity contribution in [2.75, 3.05) is 39.0 Å². The van der Waals surface area contributed by atoms with Crippen molar-refractivity contribution in [1.29, 1.82) is 0 Å². The molecule has 0 saturated carbocycles. The molecule has 1 aromatic rings. The molecule has 166 valence electrons. The zero-order chi connectivity index (χ0) is 20.4. The molecule has 1 saturated heterocycles. The molecule has 29 heavy (non-hydrogen) atoms. The highest BCUT2D eigenvalue weighted by Crippen LogP contribution is 2.12. The predicted octanol–water partition coefficient (Wildman–Crippen LogP) is 2.12. The number of ether oxygens (including phenoxy) is 1. The maximum absolute atomic E-state index is 12.1. The lowest BCUT2D eigenvalue weighted by Gasteiger charge is -2.22. The molecule has 0 spiro atoms. The Hall–Kier alpha value is -0.910. The number of halogens is 1. The first-order valence-electron chi connectivity index (χ1n) is 9.98. The lowest BCUT2D eigenvalue weighted by molar-refractivity contribution is 0.0200. The van der Waals surface area contributed by atoms with E-state index in [-0.39, 0.29) is 35.8 Å². The summed E-state index contributed by atoms with van der Waals surface area (Å²) in [5.74, 6) is 0.604. The monoisotopic (exact) mass is 538 g/mol.